The molecule has 72 valence electrons. The highest BCUT2D eigenvalue weighted by Crippen LogP contribution is 2.21. The van der Waals surface area contributed by atoms with Gasteiger partial charge in [-0.1, -0.05) is 12.1 Å². The summed E-state index contributed by atoms with van der Waals surface area (Å²) in [6.45, 7) is -0.283. The second kappa shape index (κ2) is 3.59. The molecule has 0 fully saturated rings. The van der Waals surface area contributed by atoms with Gasteiger partial charge in [-0.25, -0.2) is 9.37 Å². The van der Waals surface area contributed by atoms with Crippen molar-refractivity contribution in [2.75, 3.05) is 0 Å². The molecule has 1 aromatic heterocycles. The Morgan fingerprint density at radius 3 is 2.79 bits per heavy atom. The SMILES string of the molecule is OCc1nc(-c2ccccc2F)co1. The molecule has 2 aromatic rings. The first kappa shape index (κ1) is 8.90. The highest BCUT2D eigenvalue weighted by atomic mass is 19.1. The number of aliphatic hydroxyl groups is 1. The smallest absolute Gasteiger partial charge is 0.220 e. The average Bonchev–Trinajstić information content (AvgIpc) is 2.67. The number of hydrogen-bond donors (Lipinski definition) is 1. The Labute approximate surface area is 79.8 Å². The van der Waals surface area contributed by atoms with E-state index in [1.165, 1.54) is 12.3 Å². The van der Waals surface area contributed by atoms with Crippen LogP contribution in [0.1, 0.15) is 5.89 Å². The molecule has 2 rings (SSSR count). The largest absolute Gasteiger partial charge is 0.446 e. The lowest BCUT2D eigenvalue weighted by Crippen LogP contribution is -1.85. The van der Waals surface area contributed by atoms with E-state index in [-0.39, 0.29) is 18.3 Å². The minimum atomic E-state index is -0.356. The fourth-order valence-electron chi connectivity index (χ4n) is 1.18. The molecule has 1 N–H and O–H groups in total. The number of oxazole rings is 1. The molecule has 3 nitrogen and oxygen atoms in total. The molecule has 0 radical (unpaired) electrons. The topological polar surface area (TPSA) is 46.3 Å². The van der Waals surface area contributed by atoms with E-state index in [1.54, 1.807) is 18.2 Å². The minimum Gasteiger partial charge on any atom is -0.446 e. The van der Waals surface area contributed by atoms with Crippen molar-refractivity contribution in [3.05, 3.63) is 42.2 Å². The van der Waals surface area contributed by atoms with Crippen LogP contribution in [-0.4, -0.2) is 10.1 Å². The predicted molar refractivity (Wildman–Crippen MR) is 47.8 cm³/mol. The summed E-state index contributed by atoms with van der Waals surface area (Å²) in [5.41, 5.74) is 0.767. The molecule has 0 spiro atoms. The van der Waals surface area contributed by atoms with Crippen LogP contribution in [0.15, 0.2) is 34.9 Å². The van der Waals surface area contributed by atoms with E-state index in [1.807, 2.05) is 0 Å². The molecule has 0 bridgehead atoms. The molecule has 0 aliphatic heterocycles. The molecule has 0 unspecified atom stereocenters. The summed E-state index contributed by atoms with van der Waals surface area (Å²) in [6, 6.07) is 6.27. The zero-order valence-corrected chi connectivity index (χ0v) is 7.27. The highest BCUT2D eigenvalue weighted by Gasteiger charge is 2.08. The first-order valence-corrected chi connectivity index (χ1v) is 4.11. The van der Waals surface area contributed by atoms with E-state index < -0.39 is 0 Å². The number of aliphatic hydroxyl groups excluding tert-OH is 1. The van der Waals surface area contributed by atoms with Crippen LogP contribution < -0.4 is 0 Å². The van der Waals surface area contributed by atoms with Gasteiger partial charge < -0.3 is 9.52 Å². The van der Waals surface area contributed by atoms with Crippen LogP contribution in [0.5, 0.6) is 0 Å². The maximum atomic E-state index is 13.2. The number of nitrogens with zero attached hydrogens (tertiary/aromatic N) is 1. The molecule has 0 saturated heterocycles. The third-order valence-electron chi connectivity index (χ3n) is 1.84. The van der Waals surface area contributed by atoms with E-state index in [4.69, 9.17) is 9.52 Å². The summed E-state index contributed by atoms with van der Waals surface area (Å²) in [5.74, 6) is -0.173. The van der Waals surface area contributed by atoms with E-state index in [9.17, 15) is 4.39 Å². The van der Waals surface area contributed by atoms with Crippen LogP contribution in [0.25, 0.3) is 11.3 Å². The molecular weight excluding hydrogens is 185 g/mol. The molecule has 0 aliphatic carbocycles. The number of rotatable bonds is 2. The fourth-order valence-corrected chi connectivity index (χ4v) is 1.18. The molecular formula is C10H8FNO2. The molecule has 1 heterocycles. The van der Waals surface area contributed by atoms with Gasteiger partial charge in [0.05, 0.1) is 0 Å². The lowest BCUT2D eigenvalue weighted by molar-refractivity contribution is 0.240. The Hall–Kier alpha value is -1.68. The average molecular weight is 193 g/mol. The first-order valence-electron chi connectivity index (χ1n) is 4.11. The lowest BCUT2D eigenvalue weighted by Gasteiger charge is -1.95. The molecule has 0 saturated carbocycles. The summed E-state index contributed by atoms with van der Waals surface area (Å²) >= 11 is 0. The Morgan fingerprint density at radius 2 is 2.14 bits per heavy atom. The zero-order chi connectivity index (χ0) is 9.97. The van der Waals surface area contributed by atoms with Crippen LogP contribution in [0.4, 0.5) is 4.39 Å². The molecule has 0 atom stereocenters. The highest BCUT2D eigenvalue weighted by molar-refractivity contribution is 5.58. The Bertz CT molecular complexity index is 439. The maximum absolute atomic E-state index is 13.2. The quantitative estimate of drug-likeness (QED) is 0.793. The second-order valence-electron chi connectivity index (χ2n) is 2.76. The van der Waals surface area contributed by atoms with Gasteiger partial charge in [0, 0.05) is 5.56 Å². The summed E-state index contributed by atoms with van der Waals surface area (Å²) in [5, 5.41) is 8.72. The van der Waals surface area contributed by atoms with Gasteiger partial charge in [-0.3, -0.25) is 0 Å². The van der Waals surface area contributed by atoms with E-state index >= 15 is 0 Å². The first-order chi connectivity index (χ1) is 6.81. The maximum Gasteiger partial charge on any atom is 0.220 e. The molecule has 4 heteroatoms. The molecule has 1 aromatic carbocycles. The van der Waals surface area contributed by atoms with Crippen LogP contribution in [-0.2, 0) is 6.61 Å². The number of hydrogen-bond acceptors (Lipinski definition) is 3. The molecule has 0 aliphatic rings. The van der Waals surface area contributed by atoms with Gasteiger partial charge >= 0.3 is 0 Å². The number of aromatic nitrogens is 1. The van der Waals surface area contributed by atoms with Gasteiger partial charge in [0.15, 0.2) is 0 Å². The van der Waals surface area contributed by atoms with Crippen LogP contribution in [0.3, 0.4) is 0 Å². The third kappa shape index (κ3) is 1.52. The van der Waals surface area contributed by atoms with Gasteiger partial charge in [0.2, 0.25) is 5.89 Å². The van der Waals surface area contributed by atoms with Crippen molar-refractivity contribution in [2.24, 2.45) is 0 Å². The third-order valence-corrected chi connectivity index (χ3v) is 1.84. The Morgan fingerprint density at radius 1 is 1.36 bits per heavy atom. The van der Waals surface area contributed by atoms with Gasteiger partial charge in [-0.2, -0.15) is 0 Å². The standard InChI is InChI=1S/C10H8FNO2/c11-8-4-2-1-3-7(8)9-6-14-10(5-13)12-9/h1-4,6,13H,5H2. The van der Waals surface area contributed by atoms with Crippen molar-refractivity contribution < 1.29 is 13.9 Å². The van der Waals surface area contributed by atoms with Crippen molar-refractivity contribution in [3.63, 3.8) is 0 Å². The van der Waals surface area contributed by atoms with Gasteiger partial charge in [-0.15, -0.1) is 0 Å². The van der Waals surface area contributed by atoms with Crippen LogP contribution >= 0.6 is 0 Å². The van der Waals surface area contributed by atoms with Gasteiger partial charge in [0.25, 0.3) is 0 Å². The summed E-state index contributed by atoms with van der Waals surface area (Å²) in [4.78, 5) is 3.90. The Balaban J connectivity index is 2.44. The van der Waals surface area contributed by atoms with E-state index in [0.29, 0.717) is 11.3 Å². The van der Waals surface area contributed by atoms with Crippen molar-refractivity contribution >= 4 is 0 Å². The Kier molecular flexibility index (Phi) is 2.28. The fraction of sp³-hybridized carbons (Fsp3) is 0.100. The van der Waals surface area contributed by atoms with Crippen molar-refractivity contribution in [1.29, 1.82) is 0 Å². The lowest BCUT2D eigenvalue weighted by atomic mass is 10.1. The van der Waals surface area contributed by atoms with Crippen molar-refractivity contribution in [3.8, 4) is 11.3 Å². The normalized spacial score (nSPS) is 10.4. The van der Waals surface area contributed by atoms with Crippen LogP contribution in [0.2, 0.25) is 0 Å². The predicted octanol–water partition coefficient (Wildman–Crippen LogP) is 1.97. The van der Waals surface area contributed by atoms with Gasteiger partial charge in [0.1, 0.15) is 24.4 Å². The summed E-state index contributed by atoms with van der Waals surface area (Å²) < 4.78 is 18.1. The van der Waals surface area contributed by atoms with Crippen molar-refractivity contribution in [1.82, 2.24) is 4.98 Å². The van der Waals surface area contributed by atoms with Gasteiger partial charge in [-0.05, 0) is 12.1 Å². The second-order valence-corrected chi connectivity index (χ2v) is 2.76. The zero-order valence-electron chi connectivity index (χ0n) is 7.27. The molecule has 0 amide bonds. The monoisotopic (exact) mass is 193 g/mol. The summed E-state index contributed by atoms with van der Waals surface area (Å²) in [6.07, 6.45) is 1.32. The van der Waals surface area contributed by atoms with E-state index in [0.717, 1.165) is 0 Å². The number of halogens is 1. The summed E-state index contributed by atoms with van der Waals surface area (Å²) in [7, 11) is 0. The van der Waals surface area contributed by atoms with Crippen molar-refractivity contribution in [2.45, 2.75) is 6.61 Å². The van der Waals surface area contributed by atoms with Crippen LogP contribution in [0, 0.1) is 5.82 Å². The van der Waals surface area contributed by atoms with E-state index in [2.05, 4.69) is 4.98 Å². The minimum absolute atomic E-state index is 0.184. The molecule has 14 heavy (non-hydrogen) atoms. The number of benzene rings is 1.